The molecule has 0 saturated carbocycles. The van der Waals surface area contributed by atoms with Gasteiger partial charge in [0.05, 0.1) is 22.4 Å². The summed E-state index contributed by atoms with van der Waals surface area (Å²) in [5.74, 6) is 0.686. The molecule has 39 heavy (non-hydrogen) atoms. The number of hydrogen-bond acceptors (Lipinski definition) is 2. The number of nitrogens with zero attached hydrogens (tertiary/aromatic N) is 3. The number of aryl methyl sites for hydroxylation is 2. The Morgan fingerprint density at radius 3 is 1.87 bits per heavy atom. The minimum atomic E-state index is 0.686. The van der Waals surface area contributed by atoms with Gasteiger partial charge in [-0.1, -0.05) is 109 Å². The van der Waals surface area contributed by atoms with Crippen molar-refractivity contribution in [2.75, 3.05) is 0 Å². The van der Waals surface area contributed by atoms with E-state index in [-0.39, 0.29) is 0 Å². The Morgan fingerprint density at radius 2 is 1.13 bits per heavy atom. The summed E-state index contributed by atoms with van der Waals surface area (Å²) < 4.78 is 2.25. The van der Waals surface area contributed by atoms with Crippen LogP contribution in [0.1, 0.15) is 11.1 Å². The van der Waals surface area contributed by atoms with Gasteiger partial charge in [0.2, 0.25) is 5.95 Å². The van der Waals surface area contributed by atoms with E-state index in [0.717, 1.165) is 46.4 Å². The number of hydrogen-bond donors (Lipinski definition) is 0. The number of benzene rings is 5. The summed E-state index contributed by atoms with van der Waals surface area (Å²) in [6, 6.07) is 45.0. The molecule has 184 valence electrons. The van der Waals surface area contributed by atoms with Crippen LogP contribution in [-0.2, 0) is 12.8 Å². The van der Waals surface area contributed by atoms with Gasteiger partial charge < -0.3 is 0 Å². The van der Waals surface area contributed by atoms with Gasteiger partial charge in [-0.15, -0.1) is 0 Å². The van der Waals surface area contributed by atoms with Crippen molar-refractivity contribution in [1.82, 2.24) is 14.5 Å². The van der Waals surface area contributed by atoms with Crippen molar-refractivity contribution in [2.45, 2.75) is 12.8 Å². The maximum Gasteiger partial charge on any atom is 0.235 e. The highest BCUT2D eigenvalue weighted by atomic mass is 15.2. The molecule has 0 bridgehead atoms. The third-order valence-electron chi connectivity index (χ3n) is 7.93. The normalized spacial score (nSPS) is 12.4. The summed E-state index contributed by atoms with van der Waals surface area (Å²) in [4.78, 5) is 10.4. The maximum absolute atomic E-state index is 5.18. The van der Waals surface area contributed by atoms with E-state index in [1.54, 1.807) is 0 Å². The molecule has 8 rings (SSSR count). The van der Waals surface area contributed by atoms with Gasteiger partial charge in [-0.05, 0) is 53.3 Å². The van der Waals surface area contributed by atoms with Crippen molar-refractivity contribution < 1.29 is 0 Å². The number of fused-ring (bicyclic) bond motifs is 7. The molecular formula is C36H25N3. The molecule has 1 aliphatic carbocycles. The molecule has 0 aliphatic heterocycles. The Balaban J connectivity index is 1.47. The Morgan fingerprint density at radius 1 is 0.513 bits per heavy atom. The van der Waals surface area contributed by atoms with E-state index in [9.17, 15) is 0 Å². The van der Waals surface area contributed by atoms with Gasteiger partial charge in [-0.2, -0.15) is 0 Å². The summed E-state index contributed by atoms with van der Waals surface area (Å²) in [5.41, 5.74) is 11.8. The van der Waals surface area contributed by atoms with Gasteiger partial charge in [0.1, 0.15) is 0 Å². The average molecular weight is 500 g/mol. The van der Waals surface area contributed by atoms with Crippen LogP contribution in [0, 0.1) is 0 Å². The van der Waals surface area contributed by atoms with Crippen LogP contribution in [0.4, 0.5) is 0 Å². The molecule has 0 unspecified atom stereocenters. The van der Waals surface area contributed by atoms with Crippen molar-refractivity contribution in [3.63, 3.8) is 0 Å². The number of para-hydroxylation sites is 1. The van der Waals surface area contributed by atoms with E-state index in [1.165, 1.54) is 33.0 Å². The highest BCUT2D eigenvalue weighted by Crippen LogP contribution is 2.43. The van der Waals surface area contributed by atoms with E-state index < -0.39 is 0 Å². The second-order valence-electron chi connectivity index (χ2n) is 10.2. The Labute approximate surface area is 227 Å². The predicted molar refractivity (Wildman–Crippen MR) is 160 cm³/mol. The van der Waals surface area contributed by atoms with E-state index >= 15 is 0 Å². The lowest BCUT2D eigenvalue weighted by Gasteiger charge is -2.21. The lowest BCUT2D eigenvalue weighted by molar-refractivity contribution is 0.943. The Bertz CT molecular complexity index is 1950. The fourth-order valence-electron chi connectivity index (χ4n) is 6.13. The summed E-state index contributed by atoms with van der Waals surface area (Å²) in [6.45, 7) is 0. The lowest BCUT2D eigenvalue weighted by Crippen LogP contribution is -2.06. The van der Waals surface area contributed by atoms with Gasteiger partial charge in [0.15, 0.2) is 0 Å². The quantitative estimate of drug-likeness (QED) is 0.243. The van der Waals surface area contributed by atoms with Gasteiger partial charge >= 0.3 is 0 Å². The SMILES string of the molecule is c1ccc(-c2cc(-c3ccccc3)nc(-n3c4ccccc4c4c5c(ccc43)CCc3ccccc3-5)n2)cc1. The van der Waals surface area contributed by atoms with Crippen LogP contribution in [0.15, 0.2) is 127 Å². The first-order valence-corrected chi connectivity index (χ1v) is 13.5. The maximum atomic E-state index is 5.18. The van der Waals surface area contributed by atoms with Crippen molar-refractivity contribution in [3.8, 4) is 39.6 Å². The molecule has 1 aliphatic rings. The average Bonchev–Trinajstić information content (AvgIpc) is 3.36. The lowest BCUT2D eigenvalue weighted by atomic mass is 9.83. The van der Waals surface area contributed by atoms with Crippen LogP contribution in [0.2, 0.25) is 0 Å². The molecule has 0 fully saturated rings. The zero-order chi connectivity index (χ0) is 25.8. The fraction of sp³-hybridized carbons (Fsp3) is 0.0556. The minimum Gasteiger partial charge on any atom is -0.278 e. The molecule has 0 spiro atoms. The third-order valence-corrected chi connectivity index (χ3v) is 7.93. The standard InChI is InChI=1S/C36H25N3/c1-3-12-25(13-4-1)30-23-31(26-14-5-2-6-15-26)38-36(37-30)39-32-18-10-9-17-29(32)35-33(39)22-21-27-20-19-24-11-7-8-16-28(24)34(27)35/h1-18,21-23H,19-20H2. The van der Waals surface area contributed by atoms with E-state index in [4.69, 9.17) is 9.97 Å². The second kappa shape index (κ2) is 8.78. The van der Waals surface area contributed by atoms with Crippen molar-refractivity contribution >= 4 is 21.8 Å². The predicted octanol–water partition coefficient (Wildman–Crippen LogP) is 8.67. The van der Waals surface area contributed by atoms with Crippen LogP contribution in [0.25, 0.3) is 61.4 Å². The van der Waals surface area contributed by atoms with Gasteiger partial charge in [0, 0.05) is 21.9 Å². The van der Waals surface area contributed by atoms with Gasteiger partial charge in [-0.25, -0.2) is 9.97 Å². The molecular weight excluding hydrogens is 474 g/mol. The highest BCUT2D eigenvalue weighted by molar-refractivity contribution is 6.16. The zero-order valence-corrected chi connectivity index (χ0v) is 21.4. The molecule has 2 heterocycles. The number of rotatable bonds is 3. The number of aromatic nitrogens is 3. The molecule has 7 aromatic rings. The fourth-order valence-corrected chi connectivity index (χ4v) is 6.13. The van der Waals surface area contributed by atoms with Crippen molar-refractivity contribution in [2.24, 2.45) is 0 Å². The van der Waals surface area contributed by atoms with Crippen LogP contribution < -0.4 is 0 Å². The summed E-state index contributed by atoms with van der Waals surface area (Å²) in [5, 5.41) is 2.52. The molecule has 0 atom stereocenters. The van der Waals surface area contributed by atoms with E-state index in [1.807, 2.05) is 12.1 Å². The molecule has 0 radical (unpaired) electrons. The van der Waals surface area contributed by atoms with Gasteiger partial charge in [-0.3, -0.25) is 4.57 Å². The summed E-state index contributed by atoms with van der Waals surface area (Å²) in [6.07, 6.45) is 2.13. The summed E-state index contributed by atoms with van der Waals surface area (Å²) >= 11 is 0. The second-order valence-corrected chi connectivity index (χ2v) is 10.2. The van der Waals surface area contributed by atoms with E-state index in [2.05, 4.69) is 120 Å². The molecule has 2 aromatic heterocycles. The molecule has 3 nitrogen and oxygen atoms in total. The highest BCUT2D eigenvalue weighted by Gasteiger charge is 2.24. The molecule has 3 heteroatoms. The molecule has 0 amide bonds. The molecule has 5 aromatic carbocycles. The monoisotopic (exact) mass is 499 g/mol. The minimum absolute atomic E-state index is 0.686. The first-order chi connectivity index (χ1) is 19.3. The van der Waals surface area contributed by atoms with Crippen molar-refractivity contribution in [1.29, 1.82) is 0 Å². The van der Waals surface area contributed by atoms with Crippen LogP contribution in [0.5, 0.6) is 0 Å². The van der Waals surface area contributed by atoms with Crippen LogP contribution in [0.3, 0.4) is 0 Å². The van der Waals surface area contributed by atoms with E-state index in [0.29, 0.717) is 5.95 Å². The van der Waals surface area contributed by atoms with Crippen LogP contribution in [-0.4, -0.2) is 14.5 Å². The van der Waals surface area contributed by atoms with Crippen LogP contribution >= 0.6 is 0 Å². The largest absolute Gasteiger partial charge is 0.278 e. The first kappa shape index (κ1) is 22.0. The smallest absolute Gasteiger partial charge is 0.235 e. The molecule has 0 saturated heterocycles. The van der Waals surface area contributed by atoms with Crippen molar-refractivity contribution in [3.05, 3.63) is 139 Å². The molecule has 0 N–H and O–H groups in total. The zero-order valence-electron chi connectivity index (χ0n) is 21.4. The Hall–Kier alpha value is -5.02. The first-order valence-electron chi connectivity index (χ1n) is 13.5. The summed E-state index contributed by atoms with van der Waals surface area (Å²) in [7, 11) is 0. The third kappa shape index (κ3) is 3.51. The Kier molecular flexibility index (Phi) is 4.95. The van der Waals surface area contributed by atoms with Gasteiger partial charge in [0.25, 0.3) is 0 Å². The topological polar surface area (TPSA) is 30.7 Å².